The molecule has 5 nitrogen and oxygen atoms in total. The first-order valence-electron chi connectivity index (χ1n) is 10.7. The van der Waals surface area contributed by atoms with Crippen LogP contribution in [0.1, 0.15) is 44.2 Å². The van der Waals surface area contributed by atoms with Gasteiger partial charge in [-0.05, 0) is 70.4 Å². The Morgan fingerprint density at radius 1 is 1.03 bits per heavy atom. The number of aryl methyl sites for hydroxylation is 2. The van der Waals surface area contributed by atoms with E-state index in [2.05, 4.69) is 36.3 Å². The molecule has 0 amide bonds. The third-order valence-electron chi connectivity index (χ3n) is 4.79. The van der Waals surface area contributed by atoms with Gasteiger partial charge in [-0.15, -0.1) is 0 Å². The highest BCUT2D eigenvalue weighted by Crippen LogP contribution is 2.23. The minimum Gasteiger partial charge on any atom is -0.487 e. The van der Waals surface area contributed by atoms with Crippen molar-refractivity contribution in [1.82, 2.24) is 10.3 Å². The number of hydrogen-bond donors (Lipinski definition) is 1. The SMILES string of the molecule is CCOC(CCc1ccc(OCc2nc(-c3ccccc3)oc2C)cc1)NC(C)C. The Morgan fingerprint density at radius 2 is 1.77 bits per heavy atom. The fourth-order valence-corrected chi connectivity index (χ4v) is 3.26. The molecule has 5 heteroatoms. The maximum Gasteiger partial charge on any atom is 0.226 e. The lowest BCUT2D eigenvalue weighted by Crippen LogP contribution is -2.37. The van der Waals surface area contributed by atoms with Crippen LogP contribution < -0.4 is 10.1 Å². The van der Waals surface area contributed by atoms with Gasteiger partial charge >= 0.3 is 0 Å². The zero-order valence-corrected chi connectivity index (χ0v) is 18.4. The Bertz CT molecular complexity index is 889. The van der Waals surface area contributed by atoms with E-state index in [1.165, 1.54) is 5.56 Å². The van der Waals surface area contributed by atoms with E-state index in [-0.39, 0.29) is 6.23 Å². The van der Waals surface area contributed by atoms with Crippen molar-refractivity contribution in [2.75, 3.05) is 6.61 Å². The molecule has 0 fully saturated rings. The molecule has 0 radical (unpaired) electrons. The second-order valence-electron chi connectivity index (χ2n) is 7.62. The van der Waals surface area contributed by atoms with Gasteiger partial charge in [-0.3, -0.25) is 5.32 Å². The number of aromatic nitrogens is 1. The van der Waals surface area contributed by atoms with E-state index in [9.17, 15) is 0 Å². The predicted molar refractivity (Wildman–Crippen MR) is 119 cm³/mol. The van der Waals surface area contributed by atoms with Crippen LogP contribution in [0.25, 0.3) is 11.5 Å². The maximum absolute atomic E-state index is 5.93. The number of nitrogens with zero attached hydrogens (tertiary/aromatic N) is 1. The summed E-state index contributed by atoms with van der Waals surface area (Å²) >= 11 is 0. The van der Waals surface area contributed by atoms with Crippen LogP contribution in [-0.4, -0.2) is 23.9 Å². The van der Waals surface area contributed by atoms with Gasteiger partial charge in [-0.2, -0.15) is 0 Å². The maximum atomic E-state index is 5.93. The molecule has 1 heterocycles. The second-order valence-corrected chi connectivity index (χ2v) is 7.62. The van der Waals surface area contributed by atoms with Crippen molar-refractivity contribution in [3.8, 4) is 17.2 Å². The lowest BCUT2D eigenvalue weighted by molar-refractivity contribution is 0.0268. The highest BCUT2D eigenvalue weighted by Gasteiger charge is 2.12. The predicted octanol–water partition coefficient (Wildman–Crippen LogP) is 5.52. The van der Waals surface area contributed by atoms with E-state index in [0.717, 1.165) is 35.6 Å². The third-order valence-corrected chi connectivity index (χ3v) is 4.79. The number of nitrogens with one attached hydrogen (secondary N) is 1. The number of ether oxygens (including phenoxy) is 2. The molecule has 0 aliphatic heterocycles. The summed E-state index contributed by atoms with van der Waals surface area (Å²) in [6.07, 6.45) is 1.97. The minimum absolute atomic E-state index is 0.0832. The van der Waals surface area contributed by atoms with Gasteiger partial charge in [0.05, 0.1) is 0 Å². The second kappa shape index (κ2) is 11.0. The van der Waals surface area contributed by atoms with Crippen LogP contribution in [0.2, 0.25) is 0 Å². The molecule has 3 aromatic rings. The summed E-state index contributed by atoms with van der Waals surface area (Å²) in [5, 5.41) is 3.46. The largest absolute Gasteiger partial charge is 0.487 e. The van der Waals surface area contributed by atoms with Crippen molar-refractivity contribution < 1.29 is 13.9 Å². The average Bonchev–Trinajstić information content (AvgIpc) is 3.12. The zero-order valence-electron chi connectivity index (χ0n) is 18.4. The Morgan fingerprint density at radius 3 is 2.43 bits per heavy atom. The van der Waals surface area contributed by atoms with Crippen LogP contribution in [0, 0.1) is 6.92 Å². The average molecular weight is 409 g/mol. The van der Waals surface area contributed by atoms with Gasteiger partial charge in [0.15, 0.2) is 0 Å². The zero-order chi connectivity index (χ0) is 21.3. The molecule has 0 saturated heterocycles. The van der Waals surface area contributed by atoms with Gasteiger partial charge in [-0.25, -0.2) is 4.98 Å². The molecule has 30 heavy (non-hydrogen) atoms. The van der Waals surface area contributed by atoms with Crippen LogP contribution in [0.5, 0.6) is 5.75 Å². The van der Waals surface area contributed by atoms with E-state index >= 15 is 0 Å². The summed E-state index contributed by atoms with van der Waals surface area (Å²) in [6.45, 7) is 9.31. The van der Waals surface area contributed by atoms with Crippen molar-refractivity contribution in [1.29, 1.82) is 0 Å². The highest BCUT2D eigenvalue weighted by atomic mass is 16.5. The first-order chi connectivity index (χ1) is 14.5. The molecule has 1 N–H and O–H groups in total. The molecular formula is C25H32N2O3. The Kier molecular flexibility index (Phi) is 8.05. The molecule has 0 spiro atoms. The first-order valence-corrected chi connectivity index (χ1v) is 10.7. The Balaban J connectivity index is 1.53. The lowest BCUT2D eigenvalue weighted by atomic mass is 10.1. The first kappa shape index (κ1) is 22.1. The van der Waals surface area contributed by atoms with E-state index in [1.54, 1.807) is 0 Å². The fraction of sp³-hybridized carbons (Fsp3) is 0.400. The number of oxazole rings is 1. The standard InChI is InChI=1S/C25H32N2O3/c1-5-28-24(26-18(2)3)16-13-20-11-14-22(15-12-20)29-17-23-19(4)30-25(27-23)21-9-7-6-8-10-21/h6-12,14-15,18,24,26H,5,13,16-17H2,1-4H3. The number of rotatable bonds is 11. The van der Waals surface area contributed by atoms with E-state index in [1.807, 2.05) is 56.3 Å². The van der Waals surface area contributed by atoms with Crippen LogP contribution in [0.15, 0.2) is 59.0 Å². The number of hydrogen-bond acceptors (Lipinski definition) is 5. The molecule has 1 unspecified atom stereocenters. The van der Waals surface area contributed by atoms with Crippen molar-refractivity contribution in [2.24, 2.45) is 0 Å². The smallest absolute Gasteiger partial charge is 0.226 e. The summed E-state index contributed by atoms with van der Waals surface area (Å²) < 4.78 is 17.5. The monoisotopic (exact) mass is 408 g/mol. The van der Waals surface area contributed by atoms with Gasteiger partial charge in [0.25, 0.3) is 0 Å². The van der Waals surface area contributed by atoms with Gasteiger partial charge < -0.3 is 13.9 Å². The Labute approximate surface area is 179 Å². The van der Waals surface area contributed by atoms with Crippen LogP contribution >= 0.6 is 0 Å². The Hall–Kier alpha value is -2.63. The molecule has 3 rings (SSSR count). The van der Waals surface area contributed by atoms with E-state index in [4.69, 9.17) is 13.9 Å². The summed E-state index contributed by atoms with van der Waals surface area (Å²) in [5.41, 5.74) is 3.05. The summed E-state index contributed by atoms with van der Waals surface area (Å²) in [5.74, 6) is 2.23. The van der Waals surface area contributed by atoms with Crippen molar-refractivity contribution in [3.05, 3.63) is 71.6 Å². The fourth-order valence-electron chi connectivity index (χ4n) is 3.26. The topological polar surface area (TPSA) is 56.5 Å². The molecule has 2 aromatic carbocycles. The van der Waals surface area contributed by atoms with Crippen LogP contribution in [0.3, 0.4) is 0 Å². The van der Waals surface area contributed by atoms with Crippen LogP contribution in [0.4, 0.5) is 0 Å². The minimum atomic E-state index is 0.0832. The quantitative estimate of drug-likeness (QED) is 0.423. The van der Waals surface area contributed by atoms with Gasteiger partial charge in [0.2, 0.25) is 5.89 Å². The van der Waals surface area contributed by atoms with Crippen LogP contribution in [-0.2, 0) is 17.8 Å². The molecule has 0 bridgehead atoms. The molecule has 1 aromatic heterocycles. The van der Waals surface area contributed by atoms with Crippen molar-refractivity contribution >= 4 is 0 Å². The van der Waals surface area contributed by atoms with Gasteiger partial charge in [-0.1, -0.05) is 30.3 Å². The molecule has 0 saturated carbocycles. The lowest BCUT2D eigenvalue weighted by Gasteiger charge is -2.21. The molecule has 0 aliphatic carbocycles. The number of benzene rings is 2. The summed E-state index contributed by atoms with van der Waals surface area (Å²) in [4.78, 5) is 4.59. The van der Waals surface area contributed by atoms with E-state index < -0.39 is 0 Å². The summed E-state index contributed by atoms with van der Waals surface area (Å²) in [6, 6.07) is 18.5. The third kappa shape index (κ3) is 6.44. The molecule has 0 aliphatic rings. The normalized spacial score (nSPS) is 12.3. The van der Waals surface area contributed by atoms with Crippen molar-refractivity contribution in [2.45, 2.75) is 59.4 Å². The molecule has 160 valence electrons. The van der Waals surface area contributed by atoms with Crippen molar-refractivity contribution in [3.63, 3.8) is 0 Å². The molecule has 1 atom stereocenters. The van der Waals surface area contributed by atoms with Gasteiger partial charge in [0.1, 0.15) is 30.0 Å². The summed E-state index contributed by atoms with van der Waals surface area (Å²) in [7, 11) is 0. The highest BCUT2D eigenvalue weighted by molar-refractivity contribution is 5.53. The van der Waals surface area contributed by atoms with Gasteiger partial charge in [0, 0.05) is 18.2 Å². The molecular weight excluding hydrogens is 376 g/mol. The van der Waals surface area contributed by atoms with E-state index in [0.29, 0.717) is 25.1 Å².